The smallest absolute Gasteiger partial charge is 0.318 e. The fourth-order valence-corrected chi connectivity index (χ4v) is 1.49. The van der Waals surface area contributed by atoms with Crippen molar-refractivity contribution in [2.45, 2.75) is 46.2 Å². The van der Waals surface area contributed by atoms with E-state index in [2.05, 4.69) is 29.4 Å². The predicted octanol–water partition coefficient (Wildman–Crippen LogP) is 1.80. The van der Waals surface area contributed by atoms with Crippen LogP contribution in [0.15, 0.2) is 4.42 Å². The molecule has 92 valence electrons. The second kappa shape index (κ2) is 6.48. The molecule has 0 amide bonds. The van der Waals surface area contributed by atoms with Crippen LogP contribution in [0.25, 0.3) is 0 Å². The van der Waals surface area contributed by atoms with E-state index in [9.17, 15) is 0 Å². The fourth-order valence-electron chi connectivity index (χ4n) is 1.49. The molecule has 5 heteroatoms. The highest BCUT2D eigenvalue weighted by Crippen LogP contribution is 2.15. The lowest BCUT2D eigenvalue weighted by atomic mass is 10.2. The third kappa shape index (κ3) is 3.48. The predicted molar refractivity (Wildman–Crippen MR) is 64.5 cm³/mol. The van der Waals surface area contributed by atoms with Crippen molar-refractivity contribution in [2.24, 2.45) is 0 Å². The molecule has 0 saturated heterocycles. The molecule has 1 aromatic rings. The summed E-state index contributed by atoms with van der Waals surface area (Å²) in [4.78, 5) is 2.03. The standard InChI is InChI=1S/C11H22N4O/c1-5-7-9(3)15(4)11-14-13-10(16-11)8-12-6-2/h9,12H,5-8H2,1-4H3. The van der Waals surface area contributed by atoms with Crippen LogP contribution in [0.1, 0.15) is 39.5 Å². The van der Waals surface area contributed by atoms with E-state index in [1.807, 2.05) is 18.9 Å². The van der Waals surface area contributed by atoms with Gasteiger partial charge in [-0.1, -0.05) is 25.4 Å². The average Bonchev–Trinajstić information content (AvgIpc) is 2.74. The zero-order valence-electron chi connectivity index (χ0n) is 10.7. The van der Waals surface area contributed by atoms with Gasteiger partial charge in [-0.3, -0.25) is 0 Å². The highest BCUT2D eigenvalue weighted by molar-refractivity contribution is 5.23. The van der Waals surface area contributed by atoms with E-state index in [0.29, 0.717) is 24.5 Å². The minimum atomic E-state index is 0.428. The van der Waals surface area contributed by atoms with Crippen molar-refractivity contribution in [2.75, 3.05) is 18.5 Å². The molecule has 1 rings (SSSR count). The van der Waals surface area contributed by atoms with Crippen LogP contribution >= 0.6 is 0 Å². The summed E-state index contributed by atoms with van der Waals surface area (Å²) in [7, 11) is 1.99. The van der Waals surface area contributed by atoms with Crippen molar-refractivity contribution < 1.29 is 4.42 Å². The van der Waals surface area contributed by atoms with Gasteiger partial charge in [0, 0.05) is 13.1 Å². The Balaban J connectivity index is 2.55. The average molecular weight is 226 g/mol. The van der Waals surface area contributed by atoms with Crippen molar-refractivity contribution in [3.8, 4) is 0 Å². The molecular weight excluding hydrogens is 204 g/mol. The van der Waals surface area contributed by atoms with Crippen LogP contribution < -0.4 is 10.2 Å². The normalized spacial score (nSPS) is 12.8. The van der Waals surface area contributed by atoms with Gasteiger partial charge in [-0.2, -0.15) is 0 Å². The first-order valence-electron chi connectivity index (χ1n) is 5.94. The van der Waals surface area contributed by atoms with Crippen molar-refractivity contribution in [1.29, 1.82) is 0 Å². The molecule has 1 unspecified atom stereocenters. The third-order valence-electron chi connectivity index (χ3n) is 2.65. The lowest BCUT2D eigenvalue weighted by molar-refractivity contribution is 0.454. The van der Waals surface area contributed by atoms with Crippen molar-refractivity contribution in [3.63, 3.8) is 0 Å². The maximum atomic E-state index is 5.56. The van der Waals surface area contributed by atoms with E-state index in [-0.39, 0.29) is 0 Å². The monoisotopic (exact) mass is 226 g/mol. The Morgan fingerprint density at radius 3 is 2.75 bits per heavy atom. The molecule has 0 aliphatic rings. The van der Waals surface area contributed by atoms with Gasteiger partial charge in [0.25, 0.3) is 0 Å². The van der Waals surface area contributed by atoms with E-state index < -0.39 is 0 Å². The number of hydrogen-bond donors (Lipinski definition) is 1. The van der Waals surface area contributed by atoms with Gasteiger partial charge in [0.05, 0.1) is 6.54 Å². The highest BCUT2D eigenvalue weighted by atomic mass is 16.4. The molecule has 0 bridgehead atoms. The third-order valence-corrected chi connectivity index (χ3v) is 2.65. The van der Waals surface area contributed by atoms with E-state index >= 15 is 0 Å². The quantitative estimate of drug-likeness (QED) is 0.768. The summed E-state index contributed by atoms with van der Waals surface area (Å²) in [6, 6.07) is 1.03. The first-order chi connectivity index (χ1) is 7.69. The Bertz CT molecular complexity index is 300. The SMILES string of the molecule is CCCC(C)N(C)c1nnc(CNCC)o1. The van der Waals surface area contributed by atoms with Crippen LogP contribution in [-0.4, -0.2) is 29.8 Å². The molecular formula is C11H22N4O. The summed E-state index contributed by atoms with van der Waals surface area (Å²) < 4.78 is 5.56. The van der Waals surface area contributed by atoms with Crippen molar-refractivity contribution in [3.05, 3.63) is 5.89 Å². The number of anilines is 1. The van der Waals surface area contributed by atoms with Crippen LogP contribution in [0.5, 0.6) is 0 Å². The second-order valence-electron chi connectivity index (χ2n) is 4.01. The lowest BCUT2D eigenvalue weighted by Crippen LogP contribution is -2.28. The summed E-state index contributed by atoms with van der Waals surface area (Å²) >= 11 is 0. The second-order valence-corrected chi connectivity index (χ2v) is 4.01. The maximum absolute atomic E-state index is 5.56. The Morgan fingerprint density at radius 2 is 2.12 bits per heavy atom. The van der Waals surface area contributed by atoms with Crippen molar-refractivity contribution >= 4 is 6.01 Å². The van der Waals surface area contributed by atoms with E-state index in [0.717, 1.165) is 19.4 Å². The molecule has 0 fully saturated rings. The van der Waals surface area contributed by atoms with Crippen LogP contribution in [-0.2, 0) is 6.54 Å². The molecule has 1 atom stereocenters. The number of aromatic nitrogens is 2. The van der Waals surface area contributed by atoms with Crippen LogP contribution in [0.4, 0.5) is 6.01 Å². The number of nitrogens with one attached hydrogen (secondary N) is 1. The zero-order chi connectivity index (χ0) is 12.0. The van der Waals surface area contributed by atoms with E-state index in [1.165, 1.54) is 0 Å². The molecule has 16 heavy (non-hydrogen) atoms. The minimum absolute atomic E-state index is 0.428. The Morgan fingerprint density at radius 1 is 1.38 bits per heavy atom. The zero-order valence-corrected chi connectivity index (χ0v) is 10.7. The maximum Gasteiger partial charge on any atom is 0.318 e. The molecule has 5 nitrogen and oxygen atoms in total. The summed E-state index contributed by atoms with van der Waals surface area (Å²) in [5.74, 6) is 0.646. The summed E-state index contributed by atoms with van der Waals surface area (Å²) in [6.45, 7) is 7.93. The summed E-state index contributed by atoms with van der Waals surface area (Å²) in [6.07, 6.45) is 2.28. The van der Waals surface area contributed by atoms with E-state index in [1.54, 1.807) is 0 Å². The molecule has 1 aromatic heterocycles. The molecule has 0 aliphatic heterocycles. The van der Waals surface area contributed by atoms with Gasteiger partial charge in [0.1, 0.15) is 0 Å². The minimum Gasteiger partial charge on any atom is -0.407 e. The van der Waals surface area contributed by atoms with Gasteiger partial charge in [0.15, 0.2) is 0 Å². The first kappa shape index (κ1) is 13.0. The molecule has 0 saturated carbocycles. The van der Waals surface area contributed by atoms with Crippen LogP contribution in [0.2, 0.25) is 0 Å². The number of rotatable bonds is 7. The van der Waals surface area contributed by atoms with Gasteiger partial charge in [0.2, 0.25) is 5.89 Å². The molecule has 1 N–H and O–H groups in total. The molecule has 0 spiro atoms. The summed E-state index contributed by atoms with van der Waals surface area (Å²) in [5, 5.41) is 11.2. The van der Waals surface area contributed by atoms with Gasteiger partial charge >= 0.3 is 6.01 Å². The Hall–Kier alpha value is -1.10. The van der Waals surface area contributed by atoms with Crippen LogP contribution in [0, 0.1) is 0 Å². The number of hydrogen-bond acceptors (Lipinski definition) is 5. The Kier molecular flexibility index (Phi) is 5.25. The molecule has 0 aromatic carbocycles. The van der Waals surface area contributed by atoms with Gasteiger partial charge in [-0.05, 0) is 19.9 Å². The molecule has 0 radical (unpaired) electrons. The topological polar surface area (TPSA) is 54.2 Å². The van der Waals surface area contributed by atoms with Gasteiger partial charge < -0.3 is 14.6 Å². The van der Waals surface area contributed by atoms with Gasteiger partial charge in [-0.25, -0.2) is 0 Å². The molecule has 1 heterocycles. The number of nitrogens with zero attached hydrogens (tertiary/aromatic N) is 3. The lowest BCUT2D eigenvalue weighted by Gasteiger charge is -2.21. The Labute approximate surface area is 97.2 Å². The van der Waals surface area contributed by atoms with Crippen molar-refractivity contribution in [1.82, 2.24) is 15.5 Å². The summed E-state index contributed by atoms with van der Waals surface area (Å²) in [5.41, 5.74) is 0. The van der Waals surface area contributed by atoms with E-state index in [4.69, 9.17) is 4.42 Å². The first-order valence-corrected chi connectivity index (χ1v) is 5.94. The van der Waals surface area contributed by atoms with Gasteiger partial charge in [-0.15, -0.1) is 5.10 Å². The van der Waals surface area contributed by atoms with Crippen LogP contribution in [0.3, 0.4) is 0 Å². The largest absolute Gasteiger partial charge is 0.407 e. The highest BCUT2D eigenvalue weighted by Gasteiger charge is 2.15. The molecule has 0 aliphatic carbocycles. The fraction of sp³-hybridized carbons (Fsp3) is 0.818.